The fourth-order valence-corrected chi connectivity index (χ4v) is 3.46. The van der Waals surface area contributed by atoms with Crippen molar-refractivity contribution < 1.29 is 9.90 Å². The maximum atomic E-state index is 10.8. The second-order valence-electron chi connectivity index (χ2n) is 5.26. The van der Waals surface area contributed by atoms with E-state index in [1.807, 2.05) is 10.6 Å². The van der Waals surface area contributed by atoms with Gasteiger partial charge in [0.15, 0.2) is 4.96 Å². The normalized spacial score (nSPS) is 11.2. The van der Waals surface area contributed by atoms with Gasteiger partial charge in [0, 0.05) is 11.1 Å². The summed E-state index contributed by atoms with van der Waals surface area (Å²) in [6.45, 7) is 6.26. The number of aliphatic carboxylic acids is 1. The molecule has 0 spiro atoms. The third-order valence-electron chi connectivity index (χ3n) is 3.65. The van der Waals surface area contributed by atoms with Crippen molar-refractivity contribution in [2.24, 2.45) is 0 Å². The van der Waals surface area contributed by atoms with Gasteiger partial charge in [-0.2, -0.15) is 0 Å². The quantitative estimate of drug-likeness (QED) is 0.804. The summed E-state index contributed by atoms with van der Waals surface area (Å²) in [7, 11) is 0. The van der Waals surface area contributed by atoms with Crippen LogP contribution in [0.25, 0.3) is 16.2 Å². The van der Waals surface area contributed by atoms with Crippen molar-refractivity contribution in [2.45, 2.75) is 27.2 Å². The van der Waals surface area contributed by atoms with Gasteiger partial charge in [0.05, 0.1) is 17.8 Å². The Kier molecular flexibility index (Phi) is 3.29. The molecule has 2 aromatic heterocycles. The number of fused-ring (bicyclic) bond motifs is 1. The van der Waals surface area contributed by atoms with Crippen LogP contribution in [-0.4, -0.2) is 20.5 Å². The molecule has 3 rings (SSSR count). The number of aryl methyl sites for hydroxylation is 3. The van der Waals surface area contributed by atoms with Gasteiger partial charge in [0.1, 0.15) is 0 Å². The Morgan fingerprint density at radius 2 is 2.05 bits per heavy atom. The number of carbonyl (C=O) groups is 1. The highest BCUT2D eigenvalue weighted by molar-refractivity contribution is 7.17. The Bertz CT molecular complexity index is 845. The van der Waals surface area contributed by atoms with Gasteiger partial charge in [-0.3, -0.25) is 9.20 Å². The first-order chi connectivity index (χ1) is 9.95. The minimum atomic E-state index is -0.856. The lowest BCUT2D eigenvalue weighted by molar-refractivity contribution is -0.136. The first kappa shape index (κ1) is 13.8. The van der Waals surface area contributed by atoms with Crippen molar-refractivity contribution in [3.63, 3.8) is 0 Å². The molecule has 0 aliphatic carbocycles. The molecule has 4 nitrogen and oxygen atoms in total. The van der Waals surface area contributed by atoms with Crippen LogP contribution in [0.4, 0.5) is 0 Å². The molecule has 0 saturated heterocycles. The summed E-state index contributed by atoms with van der Waals surface area (Å²) in [6, 6.07) is 6.39. The minimum Gasteiger partial charge on any atom is -0.481 e. The van der Waals surface area contributed by atoms with E-state index in [2.05, 4.69) is 44.0 Å². The fourth-order valence-electron chi connectivity index (χ4n) is 2.47. The van der Waals surface area contributed by atoms with Gasteiger partial charge in [0.2, 0.25) is 0 Å². The van der Waals surface area contributed by atoms with Crippen molar-refractivity contribution in [3.05, 3.63) is 46.1 Å². The van der Waals surface area contributed by atoms with E-state index in [0.717, 1.165) is 16.2 Å². The molecule has 1 aromatic carbocycles. The zero-order chi connectivity index (χ0) is 15.1. The van der Waals surface area contributed by atoms with Crippen molar-refractivity contribution in [1.29, 1.82) is 0 Å². The zero-order valence-electron chi connectivity index (χ0n) is 12.2. The molecular weight excluding hydrogens is 284 g/mol. The molecule has 0 unspecified atom stereocenters. The molecule has 21 heavy (non-hydrogen) atoms. The molecule has 0 saturated carbocycles. The molecule has 0 aliphatic heterocycles. The molecule has 108 valence electrons. The number of benzene rings is 1. The van der Waals surface area contributed by atoms with Gasteiger partial charge in [-0.05, 0) is 43.5 Å². The molecule has 0 amide bonds. The zero-order valence-corrected chi connectivity index (χ0v) is 13.0. The molecule has 0 radical (unpaired) electrons. The van der Waals surface area contributed by atoms with Gasteiger partial charge < -0.3 is 5.11 Å². The summed E-state index contributed by atoms with van der Waals surface area (Å²) in [5, 5.41) is 8.89. The van der Waals surface area contributed by atoms with E-state index in [0.29, 0.717) is 5.69 Å². The van der Waals surface area contributed by atoms with Crippen LogP contribution in [0.5, 0.6) is 0 Å². The van der Waals surface area contributed by atoms with Gasteiger partial charge in [-0.25, -0.2) is 4.98 Å². The van der Waals surface area contributed by atoms with E-state index in [1.165, 1.54) is 16.0 Å². The van der Waals surface area contributed by atoms with Crippen LogP contribution in [0.3, 0.4) is 0 Å². The number of nitrogens with zero attached hydrogens (tertiary/aromatic N) is 2. The summed E-state index contributed by atoms with van der Waals surface area (Å²) in [6.07, 6.45) is 1.79. The summed E-state index contributed by atoms with van der Waals surface area (Å²) in [5.41, 5.74) is 5.35. The van der Waals surface area contributed by atoms with Crippen molar-refractivity contribution >= 4 is 22.3 Å². The first-order valence-corrected chi connectivity index (χ1v) is 7.54. The second-order valence-corrected chi connectivity index (χ2v) is 6.44. The van der Waals surface area contributed by atoms with Crippen LogP contribution >= 0.6 is 11.3 Å². The lowest BCUT2D eigenvalue weighted by Gasteiger charge is -2.06. The molecule has 5 heteroatoms. The van der Waals surface area contributed by atoms with Gasteiger partial charge in [-0.15, -0.1) is 11.3 Å². The Hall–Kier alpha value is -2.14. The predicted octanol–water partition coefficient (Wildman–Crippen LogP) is 3.62. The van der Waals surface area contributed by atoms with E-state index in [1.54, 1.807) is 11.3 Å². The molecule has 1 N–H and O–H groups in total. The third-order valence-corrected chi connectivity index (χ3v) is 4.62. The van der Waals surface area contributed by atoms with Crippen molar-refractivity contribution in [3.8, 4) is 11.3 Å². The highest BCUT2D eigenvalue weighted by atomic mass is 32.1. The number of hydrogen-bond acceptors (Lipinski definition) is 3. The summed E-state index contributed by atoms with van der Waals surface area (Å²) < 4.78 is 2.00. The largest absolute Gasteiger partial charge is 0.481 e. The number of aromatic nitrogens is 2. The Balaban J connectivity index is 2.16. The minimum absolute atomic E-state index is 0.0419. The summed E-state index contributed by atoms with van der Waals surface area (Å²) in [4.78, 5) is 17.3. The topological polar surface area (TPSA) is 54.6 Å². The number of thiazole rings is 1. The van der Waals surface area contributed by atoms with Crippen molar-refractivity contribution in [1.82, 2.24) is 9.38 Å². The molecule has 2 heterocycles. The van der Waals surface area contributed by atoms with E-state index in [-0.39, 0.29) is 6.42 Å². The number of carboxylic acid groups (broad SMARTS) is 1. The van der Waals surface area contributed by atoms with E-state index < -0.39 is 5.97 Å². The standard InChI is InChI=1S/C16H16N2O2S/c1-9-4-5-12(6-10(9)2)15-11(3)21-16-17-13(7-14(19)20)8-18(15)16/h4-6,8H,7H2,1-3H3,(H,19,20). The average Bonchev–Trinajstić information content (AvgIpc) is 2.88. The maximum absolute atomic E-state index is 10.8. The number of carboxylic acids is 1. The summed E-state index contributed by atoms with van der Waals surface area (Å²) >= 11 is 1.59. The molecular formula is C16H16N2O2S. The SMILES string of the molecule is Cc1ccc(-c2c(C)sc3nc(CC(=O)O)cn23)cc1C. The molecule has 0 bridgehead atoms. The van der Waals surface area contributed by atoms with E-state index >= 15 is 0 Å². The first-order valence-electron chi connectivity index (χ1n) is 6.72. The van der Waals surface area contributed by atoms with Crippen LogP contribution in [0, 0.1) is 20.8 Å². The molecule has 0 atom stereocenters. The van der Waals surface area contributed by atoms with Gasteiger partial charge in [0.25, 0.3) is 0 Å². The fraction of sp³-hybridized carbons (Fsp3) is 0.250. The molecule has 0 fully saturated rings. The Labute approximate surface area is 126 Å². The molecule has 3 aromatic rings. The number of imidazole rings is 1. The average molecular weight is 300 g/mol. The lowest BCUT2D eigenvalue weighted by atomic mass is 10.0. The Morgan fingerprint density at radius 3 is 2.71 bits per heavy atom. The third kappa shape index (κ3) is 2.45. The highest BCUT2D eigenvalue weighted by Gasteiger charge is 2.15. The van der Waals surface area contributed by atoms with Crippen LogP contribution in [0.15, 0.2) is 24.4 Å². The van der Waals surface area contributed by atoms with Crippen LogP contribution in [-0.2, 0) is 11.2 Å². The Morgan fingerprint density at radius 1 is 1.29 bits per heavy atom. The number of rotatable bonds is 3. The lowest BCUT2D eigenvalue weighted by Crippen LogP contribution is -1.99. The van der Waals surface area contributed by atoms with Gasteiger partial charge in [-0.1, -0.05) is 12.1 Å². The number of hydrogen-bond donors (Lipinski definition) is 1. The molecule has 0 aliphatic rings. The maximum Gasteiger partial charge on any atom is 0.309 e. The summed E-state index contributed by atoms with van der Waals surface area (Å²) in [5.74, 6) is -0.856. The van der Waals surface area contributed by atoms with E-state index in [4.69, 9.17) is 5.11 Å². The second kappa shape index (κ2) is 5.00. The monoisotopic (exact) mass is 300 g/mol. The highest BCUT2D eigenvalue weighted by Crippen LogP contribution is 2.32. The van der Waals surface area contributed by atoms with Crippen molar-refractivity contribution in [2.75, 3.05) is 0 Å². The van der Waals surface area contributed by atoms with E-state index in [9.17, 15) is 4.79 Å². The smallest absolute Gasteiger partial charge is 0.309 e. The predicted molar refractivity (Wildman–Crippen MR) is 84.1 cm³/mol. The van der Waals surface area contributed by atoms with Crippen LogP contribution in [0.2, 0.25) is 0 Å². The van der Waals surface area contributed by atoms with Gasteiger partial charge >= 0.3 is 5.97 Å². The van der Waals surface area contributed by atoms with Crippen LogP contribution < -0.4 is 0 Å². The van der Waals surface area contributed by atoms with Crippen LogP contribution in [0.1, 0.15) is 21.7 Å².